The highest BCUT2D eigenvalue weighted by Crippen LogP contribution is 2.06. The Hall–Kier alpha value is -2.97. The highest BCUT2D eigenvalue weighted by molar-refractivity contribution is 5.88. The van der Waals surface area contributed by atoms with Gasteiger partial charge in [0.1, 0.15) is 0 Å². The number of imidazole rings is 1. The average molecular weight is 251 g/mol. The summed E-state index contributed by atoms with van der Waals surface area (Å²) in [6.07, 6.45) is 4.02. The molecule has 0 aliphatic carbocycles. The van der Waals surface area contributed by atoms with Gasteiger partial charge in [0.05, 0.1) is 5.97 Å². The van der Waals surface area contributed by atoms with Crippen molar-refractivity contribution < 1.29 is 24.8 Å². The van der Waals surface area contributed by atoms with Crippen molar-refractivity contribution in [2.24, 2.45) is 0 Å². The zero-order chi connectivity index (χ0) is 13.5. The lowest BCUT2D eigenvalue weighted by Crippen LogP contribution is -2.19. The smallest absolute Gasteiger partial charge is 0.328 e. The average Bonchev–Trinajstić information content (AvgIpc) is 2.77. The fourth-order valence-electron chi connectivity index (χ4n) is 0.966. The maximum atomic E-state index is 9.53. The molecule has 0 aromatic carbocycles. The van der Waals surface area contributed by atoms with E-state index in [-0.39, 0.29) is 0 Å². The van der Waals surface area contributed by atoms with Gasteiger partial charge in [0.15, 0.2) is 11.8 Å². The minimum Gasteiger partial charge on any atom is -0.545 e. The number of hydrogen-bond donors (Lipinski definition) is 3. The zero-order valence-corrected chi connectivity index (χ0v) is 8.95. The summed E-state index contributed by atoms with van der Waals surface area (Å²) in [5, 5.41) is 17.2. The monoisotopic (exact) mass is 251 g/mol. The minimum atomic E-state index is -1.51. The molecule has 0 bridgehead atoms. The zero-order valence-electron chi connectivity index (χ0n) is 8.95. The Balaban J connectivity index is 0.000000187. The molecular weight excluding hydrogens is 242 g/mol. The molecule has 0 aliphatic heterocycles. The third kappa shape index (κ3) is 3.89. The molecule has 0 saturated heterocycles. The number of aromatic amines is 2. The molecule has 0 atom stereocenters. The van der Waals surface area contributed by atoms with E-state index in [1.165, 1.54) is 6.33 Å². The number of fused-ring (bicyclic) bond motifs is 1. The highest BCUT2D eigenvalue weighted by Gasteiger charge is 2.06. The van der Waals surface area contributed by atoms with Crippen molar-refractivity contribution in [2.75, 3.05) is 5.73 Å². The van der Waals surface area contributed by atoms with E-state index in [9.17, 15) is 14.7 Å². The second kappa shape index (κ2) is 5.94. The van der Waals surface area contributed by atoms with Crippen molar-refractivity contribution in [3.05, 3.63) is 24.8 Å². The normalized spacial score (nSPS) is 10.0. The van der Waals surface area contributed by atoms with Crippen LogP contribution in [0.15, 0.2) is 24.8 Å². The maximum absolute atomic E-state index is 9.53. The Labute approximate surface area is 100 Å². The van der Waals surface area contributed by atoms with Crippen LogP contribution in [0.5, 0.6) is 0 Å². The number of aliphatic carboxylic acids is 2. The van der Waals surface area contributed by atoms with Gasteiger partial charge in [0.25, 0.3) is 5.65 Å². The van der Waals surface area contributed by atoms with Gasteiger partial charge in [-0.05, 0) is 6.08 Å². The Morgan fingerprint density at radius 2 is 2.17 bits per heavy atom. The Morgan fingerprint density at radius 3 is 2.67 bits per heavy atom. The molecule has 2 heterocycles. The van der Waals surface area contributed by atoms with E-state index in [1.807, 2.05) is 0 Å². The fraction of sp³-hybridized carbons (Fsp3) is 0. The van der Waals surface area contributed by atoms with Gasteiger partial charge in [-0.15, -0.1) is 0 Å². The number of nitrogens with two attached hydrogens (primary N) is 1. The van der Waals surface area contributed by atoms with Gasteiger partial charge in [0.2, 0.25) is 12.1 Å². The molecule has 9 nitrogen and oxygen atoms in total. The van der Waals surface area contributed by atoms with Gasteiger partial charge < -0.3 is 25.7 Å². The van der Waals surface area contributed by atoms with Crippen LogP contribution < -0.4 is 15.8 Å². The van der Waals surface area contributed by atoms with E-state index in [1.54, 1.807) is 6.33 Å². The van der Waals surface area contributed by atoms with Crippen LogP contribution in [0, 0.1) is 0 Å². The summed E-state index contributed by atoms with van der Waals surface area (Å²) in [4.78, 5) is 32.4. The van der Waals surface area contributed by atoms with Crippen LogP contribution in [0.25, 0.3) is 11.2 Å². The number of nitrogens with zero attached hydrogens (tertiary/aromatic N) is 2. The van der Waals surface area contributed by atoms with Gasteiger partial charge in [0, 0.05) is 6.08 Å². The predicted octanol–water partition coefficient (Wildman–Crippen LogP) is -2.27. The second-order valence-electron chi connectivity index (χ2n) is 2.90. The molecule has 0 amide bonds. The molecule has 0 fully saturated rings. The number of hydrogen-bond acceptors (Lipinski definition) is 6. The van der Waals surface area contributed by atoms with E-state index in [0.29, 0.717) is 18.0 Å². The number of nitrogens with one attached hydrogen (secondary N) is 2. The molecule has 0 radical (unpaired) electrons. The highest BCUT2D eigenvalue weighted by atomic mass is 16.4. The van der Waals surface area contributed by atoms with Gasteiger partial charge in [-0.2, -0.15) is 0 Å². The molecule has 94 valence electrons. The lowest BCUT2D eigenvalue weighted by Gasteiger charge is -1.85. The first-order valence-electron chi connectivity index (χ1n) is 4.58. The standard InChI is InChI=1S/C5H5N5.C4H4O4/c6-4-3-5(9-1-7-3)10-2-8-4;5-3(6)1-2-4(7)8/h1-2H,(H3,6,7,8,9,10);1-2H,(H,5,6)(H,7,8)/b;2-1-. The molecule has 0 saturated carbocycles. The van der Waals surface area contributed by atoms with E-state index in [0.717, 1.165) is 11.2 Å². The summed E-state index contributed by atoms with van der Waals surface area (Å²) < 4.78 is 0. The number of carboxylic acid groups (broad SMARTS) is 2. The van der Waals surface area contributed by atoms with Crippen LogP contribution >= 0.6 is 0 Å². The topological polar surface area (TPSA) is 159 Å². The molecule has 2 aromatic rings. The fourth-order valence-corrected chi connectivity index (χ4v) is 0.966. The number of carbonyl (C=O) groups is 2. The number of carbonyl (C=O) groups excluding carboxylic acids is 1. The number of aromatic nitrogens is 4. The summed E-state index contributed by atoms with van der Waals surface area (Å²) in [5.41, 5.74) is 6.98. The van der Waals surface area contributed by atoms with E-state index in [4.69, 9.17) is 10.8 Å². The van der Waals surface area contributed by atoms with Crippen LogP contribution in [0.3, 0.4) is 0 Å². The van der Waals surface area contributed by atoms with Crippen LogP contribution in [0.1, 0.15) is 0 Å². The molecular formula is C9H9N5O4. The summed E-state index contributed by atoms with van der Waals surface area (Å²) in [6, 6.07) is 0. The SMILES string of the molecule is Nc1nc[nH+]c2nc[nH]c12.O=C([O-])/C=C\C(=O)O. The van der Waals surface area contributed by atoms with Crippen molar-refractivity contribution in [1.82, 2.24) is 15.0 Å². The summed E-state index contributed by atoms with van der Waals surface area (Å²) >= 11 is 0. The molecule has 2 aromatic heterocycles. The molecule has 2 rings (SSSR count). The molecule has 5 N–H and O–H groups in total. The van der Waals surface area contributed by atoms with E-state index in [2.05, 4.69) is 19.9 Å². The van der Waals surface area contributed by atoms with E-state index >= 15 is 0 Å². The summed E-state index contributed by atoms with van der Waals surface area (Å²) in [6.45, 7) is 0. The summed E-state index contributed by atoms with van der Waals surface area (Å²) in [5.74, 6) is -2.34. The lowest BCUT2D eigenvalue weighted by molar-refractivity contribution is -0.352. The number of carboxylic acids is 2. The van der Waals surface area contributed by atoms with Crippen molar-refractivity contribution >= 4 is 28.9 Å². The third-order valence-electron chi connectivity index (χ3n) is 1.66. The molecule has 0 aliphatic rings. The molecule has 9 heteroatoms. The number of rotatable bonds is 2. The first-order valence-corrected chi connectivity index (χ1v) is 4.58. The quantitative estimate of drug-likeness (QED) is 0.507. The van der Waals surface area contributed by atoms with Crippen molar-refractivity contribution in [3.63, 3.8) is 0 Å². The van der Waals surface area contributed by atoms with E-state index < -0.39 is 11.9 Å². The predicted molar refractivity (Wildman–Crippen MR) is 56.6 cm³/mol. The number of anilines is 1. The van der Waals surface area contributed by atoms with Crippen molar-refractivity contribution in [2.45, 2.75) is 0 Å². The number of H-pyrrole nitrogens is 2. The Bertz CT molecular complexity index is 575. The Morgan fingerprint density at radius 1 is 1.44 bits per heavy atom. The second-order valence-corrected chi connectivity index (χ2v) is 2.90. The van der Waals surface area contributed by atoms with Crippen LogP contribution in [0.2, 0.25) is 0 Å². The van der Waals surface area contributed by atoms with Crippen LogP contribution in [-0.2, 0) is 9.59 Å². The van der Waals surface area contributed by atoms with Gasteiger partial charge >= 0.3 is 5.97 Å². The largest absolute Gasteiger partial charge is 0.545 e. The molecule has 0 spiro atoms. The van der Waals surface area contributed by atoms with Crippen molar-refractivity contribution in [1.29, 1.82) is 0 Å². The van der Waals surface area contributed by atoms with Gasteiger partial charge in [-0.1, -0.05) is 9.97 Å². The third-order valence-corrected chi connectivity index (χ3v) is 1.66. The minimum absolute atomic E-state index is 0.447. The molecule has 0 unspecified atom stereocenters. The first-order chi connectivity index (χ1) is 8.50. The first kappa shape index (κ1) is 13.1. The Kier molecular flexibility index (Phi) is 4.32. The van der Waals surface area contributed by atoms with Gasteiger partial charge in [-0.25, -0.2) is 9.78 Å². The number of nitrogen functional groups attached to an aromatic ring is 1. The molecule has 18 heavy (non-hydrogen) atoms. The van der Waals surface area contributed by atoms with Crippen LogP contribution in [-0.4, -0.2) is 32.0 Å². The van der Waals surface area contributed by atoms with Crippen LogP contribution in [0.4, 0.5) is 5.82 Å². The van der Waals surface area contributed by atoms with Crippen molar-refractivity contribution in [3.8, 4) is 0 Å². The van der Waals surface area contributed by atoms with Gasteiger partial charge in [-0.3, -0.25) is 0 Å². The lowest BCUT2D eigenvalue weighted by atomic mass is 10.5. The maximum Gasteiger partial charge on any atom is 0.328 e. The summed E-state index contributed by atoms with van der Waals surface area (Å²) in [7, 11) is 0.